The zero-order valence-electron chi connectivity index (χ0n) is 11.2. The van der Waals surface area contributed by atoms with Crippen molar-refractivity contribution in [3.8, 4) is 0 Å². The average Bonchev–Trinajstić information content (AvgIpc) is 2.13. The molecule has 0 nitrogen and oxygen atoms in total. The molecule has 0 aromatic heterocycles. The molecule has 0 atom stereocenters. The maximum Gasteiger partial charge on any atom is -0.0216 e. The number of hydrogen-bond acceptors (Lipinski definition) is 0. The number of rotatable bonds is 2. The number of benzene rings is 1. The molecule has 0 fully saturated rings. The third-order valence-electron chi connectivity index (χ3n) is 3.55. The molecule has 0 heterocycles. The molecule has 0 saturated carbocycles. The average molecular weight is 204 g/mol. The monoisotopic (exact) mass is 204 g/mol. The van der Waals surface area contributed by atoms with Crippen molar-refractivity contribution in [2.45, 2.75) is 60.3 Å². The molecule has 0 aliphatic heterocycles. The first-order valence-corrected chi connectivity index (χ1v) is 5.96. The van der Waals surface area contributed by atoms with E-state index >= 15 is 0 Å². The van der Waals surface area contributed by atoms with Crippen LogP contribution >= 0.6 is 0 Å². The fraction of sp³-hybridized carbons (Fsp3) is 0.600. The van der Waals surface area contributed by atoms with E-state index in [9.17, 15) is 0 Å². The van der Waals surface area contributed by atoms with Crippen LogP contribution in [0.15, 0.2) is 6.07 Å². The summed E-state index contributed by atoms with van der Waals surface area (Å²) in [5.74, 6) is 1.25. The smallest absolute Gasteiger partial charge is 0.0216 e. The Labute approximate surface area is 94.7 Å². The molecule has 0 aliphatic carbocycles. The van der Waals surface area contributed by atoms with E-state index < -0.39 is 0 Å². The topological polar surface area (TPSA) is 0 Å². The normalized spacial score (nSPS) is 11.5. The minimum atomic E-state index is 0.627. The van der Waals surface area contributed by atoms with Gasteiger partial charge < -0.3 is 0 Å². The van der Waals surface area contributed by atoms with Crippen molar-refractivity contribution in [2.24, 2.45) is 0 Å². The van der Waals surface area contributed by atoms with Crippen molar-refractivity contribution in [2.75, 3.05) is 0 Å². The molecule has 0 aliphatic rings. The van der Waals surface area contributed by atoms with Gasteiger partial charge in [0, 0.05) is 0 Å². The molecule has 1 aromatic rings. The molecule has 15 heavy (non-hydrogen) atoms. The van der Waals surface area contributed by atoms with Crippen LogP contribution in [0.4, 0.5) is 0 Å². The van der Waals surface area contributed by atoms with Gasteiger partial charge in [-0.2, -0.15) is 0 Å². The lowest BCUT2D eigenvalue weighted by Crippen LogP contribution is -2.03. The van der Waals surface area contributed by atoms with Crippen LogP contribution < -0.4 is 0 Å². The SMILES string of the molecule is Cc1c(C(C)C)cc(C(C)C)c(C)c1C. The molecule has 0 saturated heterocycles. The Hall–Kier alpha value is -0.780. The summed E-state index contributed by atoms with van der Waals surface area (Å²) in [6, 6.07) is 2.41. The summed E-state index contributed by atoms with van der Waals surface area (Å²) in [5, 5.41) is 0. The Morgan fingerprint density at radius 3 is 1.27 bits per heavy atom. The van der Waals surface area contributed by atoms with Crippen LogP contribution in [-0.2, 0) is 0 Å². The lowest BCUT2D eigenvalue weighted by Gasteiger charge is -2.20. The molecule has 0 unspecified atom stereocenters. The van der Waals surface area contributed by atoms with Gasteiger partial charge >= 0.3 is 0 Å². The first-order valence-electron chi connectivity index (χ1n) is 5.96. The Bertz CT molecular complexity index is 325. The number of hydrogen-bond donors (Lipinski definition) is 0. The molecule has 1 rings (SSSR count). The van der Waals surface area contributed by atoms with Crippen molar-refractivity contribution >= 4 is 0 Å². The third-order valence-corrected chi connectivity index (χ3v) is 3.55. The Morgan fingerprint density at radius 2 is 1.00 bits per heavy atom. The fourth-order valence-electron chi connectivity index (χ4n) is 2.30. The second-order valence-corrected chi connectivity index (χ2v) is 5.24. The second-order valence-electron chi connectivity index (χ2n) is 5.24. The van der Waals surface area contributed by atoms with E-state index in [4.69, 9.17) is 0 Å². The first-order chi connectivity index (χ1) is 6.86. The second kappa shape index (κ2) is 4.38. The van der Waals surface area contributed by atoms with Crippen molar-refractivity contribution < 1.29 is 0 Å². The molecule has 0 bridgehead atoms. The highest BCUT2D eigenvalue weighted by Gasteiger charge is 2.13. The maximum absolute atomic E-state index is 2.41. The van der Waals surface area contributed by atoms with E-state index in [1.165, 1.54) is 27.8 Å². The van der Waals surface area contributed by atoms with Gasteiger partial charge in [-0.05, 0) is 60.4 Å². The lowest BCUT2D eigenvalue weighted by molar-refractivity contribution is 0.815. The van der Waals surface area contributed by atoms with Crippen LogP contribution in [0.1, 0.15) is 67.3 Å². The van der Waals surface area contributed by atoms with Crippen LogP contribution in [-0.4, -0.2) is 0 Å². The summed E-state index contributed by atoms with van der Waals surface area (Å²) in [6.07, 6.45) is 0. The molecule has 0 N–H and O–H groups in total. The molecular formula is C15H24. The van der Waals surface area contributed by atoms with E-state index in [-0.39, 0.29) is 0 Å². The minimum absolute atomic E-state index is 0.627. The highest BCUT2D eigenvalue weighted by Crippen LogP contribution is 2.30. The van der Waals surface area contributed by atoms with E-state index in [1.54, 1.807) is 0 Å². The van der Waals surface area contributed by atoms with E-state index in [0.717, 1.165) is 0 Å². The van der Waals surface area contributed by atoms with Crippen molar-refractivity contribution in [1.82, 2.24) is 0 Å². The Morgan fingerprint density at radius 1 is 0.667 bits per heavy atom. The summed E-state index contributed by atoms with van der Waals surface area (Å²) in [5.41, 5.74) is 7.47. The van der Waals surface area contributed by atoms with Crippen LogP contribution in [0, 0.1) is 20.8 Å². The first kappa shape index (κ1) is 12.3. The summed E-state index contributed by atoms with van der Waals surface area (Å²) >= 11 is 0. The van der Waals surface area contributed by atoms with Gasteiger partial charge in [-0.3, -0.25) is 0 Å². The summed E-state index contributed by atoms with van der Waals surface area (Å²) < 4.78 is 0. The molecule has 0 heteroatoms. The molecule has 0 radical (unpaired) electrons. The van der Waals surface area contributed by atoms with Crippen molar-refractivity contribution in [1.29, 1.82) is 0 Å². The van der Waals surface area contributed by atoms with Gasteiger partial charge in [0.1, 0.15) is 0 Å². The summed E-state index contributed by atoms with van der Waals surface area (Å²) in [7, 11) is 0. The highest BCUT2D eigenvalue weighted by atomic mass is 14.2. The van der Waals surface area contributed by atoms with Gasteiger partial charge in [0.05, 0.1) is 0 Å². The largest absolute Gasteiger partial charge is 0.0587 e. The lowest BCUT2D eigenvalue weighted by atomic mass is 9.85. The predicted octanol–water partition coefficient (Wildman–Crippen LogP) is 4.86. The van der Waals surface area contributed by atoms with Gasteiger partial charge in [0.15, 0.2) is 0 Å². The van der Waals surface area contributed by atoms with Gasteiger partial charge in [0.25, 0.3) is 0 Å². The molecule has 0 spiro atoms. The van der Waals surface area contributed by atoms with E-state index in [1.807, 2.05) is 0 Å². The Balaban J connectivity index is 3.45. The van der Waals surface area contributed by atoms with Gasteiger partial charge in [-0.25, -0.2) is 0 Å². The van der Waals surface area contributed by atoms with Crippen LogP contribution in [0.5, 0.6) is 0 Å². The van der Waals surface area contributed by atoms with Crippen LogP contribution in [0.3, 0.4) is 0 Å². The zero-order chi connectivity index (χ0) is 11.7. The summed E-state index contributed by atoms with van der Waals surface area (Å²) in [4.78, 5) is 0. The molecule has 1 aromatic carbocycles. The molecular weight excluding hydrogens is 180 g/mol. The molecule has 0 amide bonds. The fourth-order valence-corrected chi connectivity index (χ4v) is 2.30. The minimum Gasteiger partial charge on any atom is -0.0587 e. The van der Waals surface area contributed by atoms with Gasteiger partial charge in [-0.15, -0.1) is 0 Å². The highest BCUT2D eigenvalue weighted by molar-refractivity contribution is 5.46. The maximum atomic E-state index is 2.41. The van der Waals surface area contributed by atoms with Crippen molar-refractivity contribution in [3.63, 3.8) is 0 Å². The molecule has 84 valence electrons. The zero-order valence-corrected chi connectivity index (χ0v) is 11.2. The van der Waals surface area contributed by atoms with Gasteiger partial charge in [-0.1, -0.05) is 33.8 Å². The van der Waals surface area contributed by atoms with Crippen molar-refractivity contribution in [3.05, 3.63) is 33.9 Å². The quantitative estimate of drug-likeness (QED) is 0.645. The predicted molar refractivity (Wildman–Crippen MR) is 68.8 cm³/mol. The standard InChI is InChI=1S/C15H24/c1-9(2)14-8-15(10(3)4)13(7)11(5)12(14)6/h8-10H,1-7H3. The summed E-state index contributed by atoms with van der Waals surface area (Å²) in [6.45, 7) is 15.9. The van der Waals surface area contributed by atoms with Gasteiger partial charge in [0.2, 0.25) is 0 Å². The Kier molecular flexibility index (Phi) is 3.59. The van der Waals surface area contributed by atoms with Crippen LogP contribution in [0.25, 0.3) is 0 Å². The van der Waals surface area contributed by atoms with E-state index in [0.29, 0.717) is 11.8 Å². The third kappa shape index (κ3) is 2.25. The van der Waals surface area contributed by atoms with Crippen LogP contribution in [0.2, 0.25) is 0 Å². The van der Waals surface area contributed by atoms with E-state index in [2.05, 4.69) is 54.5 Å².